The first-order chi connectivity index (χ1) is 11.2. The molecule has 0 aliphatic carbocycles. The standard InChI is InChI=1S/C16H21FN4O2S.ClH/c1-12-8-19-21(9-12)15-4-3-13(7-14(15)17)24(22,23)20-6-5-16(2,10-18)11-20;/h3-4,7-9H,5-6,10-11,18H2,1-2H3;1H. The lowest BCUT2D eigenvalue weighted by Gasteiger charge is -2.22. The van der Waals surface area contributed by atoms with Crippen LogP contribution < -0.4 is 5.73 Å². The first-order valence-corrected chi connectivity index (χ1v) is 9.21. The average Bonchev–Trinajstić information content (AvgIpc) is 3.14. The summed E-state index contributed by atoms with van der Waals surface area (Å²) in [7, 11) is -3.73. The Hall–Kier alpha value is -1.48. The molecule has 1 aromatic heterocycles. The summed E-state index contributed by atoms with van der Waals surface area (Å²) >= 11 is 0. The Balaban J connectivity index is 0.00000225. The van der Waals surface area contributed by atoms with Crippen molar-refractivity contribution in [2.45, 2.75) is 25.2 Å². The van der Waals surface area contributed by atoms with Crippen molar-refractivity contribution in [3.8, 4) is 5.69 Å². The van der Waals surface area contributed by atoms with E-state index in [2.05, 4.69) is 5.10 Å². The fourth-order valence-electron chi connectivity index (χ4n) is 2.88. The summed E-state index contributed by atoms with van der Waals surface area (Å²) in [4.78, 5) is -0.0473. The molecule has 2 aromatic rings. The summed E-state index contributed by atoms with van der Waals surface area (Å²) < 4.78 is 42.7. The van der Waals surface area contributed by atoms with Crippen LogP contribution in [0.25, 0.3) is 5.69 Å². The zero-order valence-corrected chi connectivity index (χ0v) is 15.8. The van der Waals surface area contributed by atoms with E-state index in [-0.39, 0.29) is 28.4 Å². The largest absolute Gasteiger partial charge is 0.330 e. The molecule has 2 heterocycles. The molecule has 0 saturated carbocycles. The molecule has 0 amide bonds. The highest BCUT2D eigenvalue weighted by atomic mass is 35.5. The van der Waals surface area contributed by atoms with Gasteiger partial charge in [-0.25, -0.2) is 17.5 Å². The van der Waals surface area contributed by atoms with Gasteiger partial charge in [0.2, 0.25) is 10.0 Å². The number of aromatic nitrogens is 2. The van der Waals surface area contributed by atoms with Crippen LogP contribution in [0.4, 0.5) is 4.39 Å². The number of rotatable bonds is 4. The Morgan fingerprint density at radius 1 is 1.40 bits per heavy atom. The molecule has 0 bridgehead atoms. The number of nitrogens with zero attached hydrogens (tertiary/aromatic N) is 3. The molecule has 1 aliphatic rings. The first kappa shape index (κ1) is 19.8. The molecule has 25 heavy (non-hydrogen) atoms. The summed E-state index contributed by atoms with van der Waals surface area (Å²) in [6.07, 6.45) is 4.00. The van der Waals surface area contributed by atoms with Crippen LogP contribution in [0, 0.1) is 18.2 Å². The van der Waals surface area contributed by atoms with E-state index in [1.807, 2.05) is 13.8 Å². The van der Waals surface area contributed by atoms with E-state index >= 15 is 0 Å². The van der Waals surface area contributed by atoms with Crippen molar-refractivity contribution in [2.75, 3.05) is 19.6 Å². The van der Waals surface area contributed by atoms with Gasteiger partial charge in [0.15, 0.2) is 0 Å². The van der Waals surface area contributed by atoms with Gasteiger partial charge < -0.3 is 5.73 Å². The third kappa shape index (κ3) is 3.72. The van der Waals surface area contributed by atoms with E-state index in [1.54, 1.807) is 12.4 Å². The molecule has 1 unspecified atom stereocenters. The molecule has 138 valence electrons. The highest BCUT2D eigenvalue weighted by molar-refractivity contribution is 7.89. The second-order valence-electron chi connectivity index (χ2n) is 6.68. The van der Waals surface area contributed by atoms with Crippen LogP contribution in [0.15, 0.2) is 35.5 Å². The van der Waals surface area contributed by atoms with Crippen LogP contribution in [0.5, 0.6) is 0 Å². The lowest BCUT2D eigenvalue weighted by atomic mass is 9.90. The molecule has 6 nitrogen and oxygen atoms in total. The second-order valence-corrected chi connectivity index (χ2v) is 8.62. The van der Waals surface area contributed by atoms with Crippen molar-refractivity contribution >= 4 is 22.4 Å². The smallest absolute Gasteiger partial charge is 0.243 e. The Morgan fingerprint density at radius 3 is 2.64 bits per heavy atom. The number of aryl methyl sites for hydroxylation is 1. The topological polar surface area (TPSA) is 81.2 Å². The molecule has 1 saturated heterocycles. The third-order valence-corrected chi connectivity index (χ3v) is 6.37. The zero-order valence-electron chi connectivity index (χ0n) is 14.1. The molecule has 2 N–H and O–H groups in total. The molecule has 1 fully saturated rings. The van der Waals surface area contributed by atoms with Crippen molar-refractivity contribution in [2.24, 2.45) is 11.1 Å². The van der Waals surface area contributed by atoms with Gasteiger partial charge in [0.25, 0.3) is 0 Å². The molecule has 0 radical (unpaired) electrons. The summed E-state index contributed by atoms with van der Waals surface area (Å²) in [5.41, 5.74) is 6.62. The lowest BCUT2D eigenvalue weighted by Crippen LogP contribution is -2.34. The highest BCUT2D eigenvalue weighted by Crippen LogP contribution is 2.33. The van der Waals surface area contributed by atoms with E-state index < -0.39 is 15.8 Å². The molecule has 9 heteroatoms. The van der Waals surface area contributed by atoms with Gasteiger partial charge in [0.1, 0.15) is 11.5 Å². The Kier molecular flexibility index (Phi) is 5.58. The Labute approximate surface area is 153 Å². The van der Waals surface area contributed by atoms with Gasteiger partial charge in [-0.1, -0.05) is 6.92 Å². The number of hydrogen-bond donors (Lipinski definition) is 1. The lowest BCUT2D eigenvalue weighted by molar-refractivity contribution is 0.349. The maximum absolute atomic E-state index is 14.4. The van der Waals surface area contributed by atoms with Crippen LogP contribution in [0.1, 0.15) is 18.9 Å². The van der Waals surface area contributed by atoms with Gasteiger partial charge in [-0.15, -0.1) is 12.4 Å². The average molecular weight is 389 g/mol. The van der Waals surface area contributed by atoms with Crippen LogP contribution in [0.2, 0.25) is 0 Å². The number of benzene rings is 1. The van der Waals surface area contributed by atoms with Gasteiger partial charge in [-0.2, -0.15) is 9.40 Å². The van der Waals surface area contributed by atoms with Gasteiger partial charge in [-0.3, -0.25) is 0 Å². The van der Waals surface area contributed by atoms with E-state index in [4.69, 9.17) is 5.73 Å². The molecular formula is C16H22ClFN4O2S. The minimum Gasteiger partial charge on any atom is -0.330 e. The SMILES string of the molecule is Cc1cnn(-c2ccc(S(=O)(=O)N3CCC(C)(CN)C3)cc2F)c1.Cl. The van der Waals surface area contributed by atoms with E-state index in [1.165, 1.54) is 21.1 Å². The maximum atomic E-state index is 14.4. The maximum Gasteiger partial charge on any atom is 0.243 e. The van der Waals surface area contributed by atoms with Crippen molar-refractivity contribution in [3.63, 3.8) is 0 Å². The van der Waals surface area contributed by atoms with Gasteiger partial charge >= 0.3 is 0 Å². The first-order valence-electron chi connectivity index (χ1n) is 7.77. The van der Waals surface area contributed by atoms with Crippen LogP contribution in [-0.4, -0.2) is 42.1 Å². The Morgan fingerprint density at radius 2 is 2.12 bits per heavy atom. The predicted octanol–water partition coefficient (Wildman–Crippen LogP) is 2.10. The number of sulfonamides is 1. The zero-order chi connectivity index (χ0) is 17.5. The third-order valence-electron chi connectivity index (χ3n) is 4.53. The van der Waals surface area contributed by atoms with Gasteiger partial charge in [0.05, 0.1) is 11.1 Å². The Bertz CT molecular complexity index is 871. The minimum atomic E-state index is -3.73. The second kappa shape index (κ2) is 7.03. The van der Waals surface area contributed by atoms with Crippen molar-refractivity contribution in [1.29, 1.82) is 0 Å². The number of hydrogen-bond acceptors (Lipinski definition) is 4. The molecule has 1 atom stereocenters. The summed E-state index contributed by atoms with van der Waals surface area (Å²) in [6.45, 7) is 4.99. The molecule has 0 spiro atoms. The minimum absolute atomic E-state index is 0. The molecule has 1 aromatic carbocycles. The highest BCUT2D eigenvalue weighted by Gasteiger charge is 2.39. The van der Waals surface area contributed by atoms with Crippen molar-refractivity contribution < 1.29 is 12.8 Å². The van der Waals surface area contributed by atoms with E-state index in [9.17, 15) is 12.8 Å². The fourth-order valence-corrected chi connectivity index (χ4v) is 4.48. The predicted molar refractivity (Wildman–Crippen MR) is 96.0 cm³/mol. The van der Waals surface area contributed by atoms with E-state index in [0.29, 0.717) is 26.1 Å². The quantitative estimate of drug-likeness (QED) is 0.869. The molecule has 3 rings (SSSR count). The van der Waals surface area contributed by atoms with Crippen molar-refractivity contribution in [1.82, 2.24) is 14.1 Å². The summed E-state index contributed by atoms with van der Waals surface area (Å²) in [5.74, 6) is -0.625. The van der Waals surface area contributed by atoms with Crippen LogP contribution >= 0.6 is 12.4 Å². The fraction of sp³-hybridized carbons (Fsp3) is 0.438. The number of halogens is 2. The normalized spacial score (nSPS) is 21.3. The van der Waals surface area contributed by atoms with Gasteiger partial charge in [-0.05, 0) is 49.1 Å². The molecule has 1 aliphatic heterocycles. The monoisotopic (exact) mass is 388 g/mol. The van der Waals surface area contributed by atoms with Gasteiger partial charge in [0, 0.05) is 19.3 Å². The summed E-state index contributed by atoms with van der Waals surface area (Å²) in [5, 5.41) is 4.05. The number of nitrogens with two attached hydrogens (primary N) is 1. The summed E-state index contributed by atoms with van der Waals surface area (Å²) in [6, 6.07) is 3.91. The van der Waals surface area contributed by atoms with Crippen LogP contribution in [0.3, 0.4) is 0 Å². The molecular weight excluding hydrogens is 367 g/mol. The van der Waals surface area contributed by atoms with Crippen LogP contribution in [-0.2, 0) is 10.0 Å². The van der Waals surface area contributed by atoms with E-state index in [0.717, 1.165) is 11.6 Å². The van der Waals surface area contributed by atoms with Crippen molar-refractivity contribution in [3.05, 3.63) is 42.0 Å².